The van der Waals surface area contributed by atoms with Crippen molar-refractivity contribution >= 4 is 11.8 Å². The van der Waals surface area contributed by atoms with E-state index in [0.29, 0.717) is 17.6 Å². The van der Waals surface area contributed by atoms with Crippen molar-refractivity contribution in [2.45, 2.75) is 63.3 Å². The van der Waals surface area contributed by atoms with Gasteiger partial charge < -0.3 is 4.52 Å². The second-order valence-electron chi connectivity index (χ2n) is 6.41. The van der Waals surface area contributed by atoms with E-state index in [2.05, 4.69) is 39.2 Å². The van der Waals surface area contributed by atoms with Crippen molar-refractivity contribution < 1.29 is 4.52 Å². The van der Waals surface area contributed by atoms with Crippen LogP contribution in [0.4, 0.5) is 0 Å². The number of nitrogens with one attached hydrogen (secondary N) is 1. The largest absolute Gasteiger partial charge is 0.338 e. The smallest absolute Gasteiger partial charge is 0.237 e. The van der Waals surface area contributed by atoms with Gasteiger partial charge in [-0.1, -0.05) is 56.4 Å². The van der Waals surface area contributed by atoms with Crippen LogP contribution in [0.3, 0.4) is 0 Å². The molecule has 1 aliphatic rings. The zero-order valence-corrected chi connectivity index (χ0v) is 14.0. The van der Waals surface area contributed by atoms with E-state index >= 15 is 0 Å². The molecule has 0 aliphatic heterocycles. The van der Waals surface area contributed by atoms with Gasteiger partial charge in [0.25, 0.3) is 0 Å². The Morgan fingerprint density at radius 3 is 2.86 bits per heavy atom. The fourth-order valence-corrected chi connectivity index (χ4v) is 3.50. The number of rotatable bonds is 7. The van der Waals surface area contributed by atoms with Crippen LogP contribution in [-0.4, -0.2) is 25.3 Å². The van der Waals surface area contributed by atoms with Crippen molar-refractivity contribution in [1.29, 1.82) is 0 Å². The third-order valence-corrected chi connectivity index (χ3v) is 4.73. The molecule has 2 aromatic heterocycles. The predicted molar refractivity (Wildman–Crippen MR) is 84.4 cm³/mol. The van der Waals surface area contributed by atoms with Gasteiger partial charge >= 0.3 is 0 Å². The summed E-state index contributed by atoms with van der Waals surface area (Å²) in [6.45, 7) is 4.29. The molecule has 0 radical (unpaired) electrons. The minimum Gasteiger partial charge on any atom is -0.338 e. The van der Waals surface area contributed by atoms with Crippen LogP contribution >= 0.6 is 11.8 Å². The molecule has 0 spiro atoms. The monoisotopic (exact) mass is 321 g/mol. The highest BCUT2D eigenvalue weighted by Crippen LogP contribution is 2.27. The maximum atomic E-state index is 5.25. The summed E-state index contributed by atoms with van der Waals surface area (Å²) in [4.78, 5) is 8.94. The highest BCUT2D eigenvalue weighted by molar-refractivity contribution is 7.98. The minimum atomic E-state index is 0.532. The average Bonchev–Trinajstić information content (AvgIpc) is 3.19. The minimum absolute atomic E-state index is 0.532. The Hall–Kier alpha value is -1.37. The lowest BCUT2D eigenvalue weighted by molar-refractivity contribution is 0.382. The first-order chi connectivity index (χ1) is 10.7. The van der Waals surface area contributed by atoms with Crippen LogP contribution in [0.5, 0.6) is 0 Å². The van der Waals surface area contributed by atoms with Gasteiger partial charge in [0.2, 0.25) is 11.0 Å². The Kier molecular flexibility index (Phi) is 5.12. The van der Waals surface area contributed by atoms with Gasteiger partial charge in [0, 0.05) is 12.8 Å². The molecule has 0 saturated heterocycles. The van der Waals surface area contributed by atoms with Crippen LogP contribution in [-0.2, 0) is 18.6 Å². The summed E-state index contributed by atoms with van der Waals surface area (Å²) in [6, 6.07) is 0. The summed E-state index contributed by atoms with van der Waals surface area (Å²) in [6.07, 6.45) is 7.23. The molecule has 0 bridgehead atoms. The first-order valence-electron chi connectivity index (χ1n) is 8.04. The maximum absolute atomic E-state index is 5.25. The van der Waals surface area contributed by atoms with E-state index in [4.69, 9.17) is 4.52 Å². The fourth-order valence-electron chi connectivity index (χ4n) is 2.84. The number of nitrogens with zero attached hydrogens (tertiary/aromatic N) is 4. The van der Waals surface area contributed by atoms with Crippen molar-refractivity contribution in [3.63, 3.8) is 0 Å². The van der Waals surface area contributed by atoms with Gasteiger partial charge in [-0.2, -0.15) is 4.98 Å². The molecular formula is C15H23N5OS. The molecule has 120 valence electrons. The lowest BCUT2D eigenvalue weighted by Gasteiger charge is -2.03. The van der Waals surface area contributed by atoms with E-state index < -0.39 is 0 Å². The summed E-state index contributed by atoms with van der Waals surface area (Å²) in [5, 5.41) is 12.1. The third kappa shape index (κ3) is 4.32. The summed E-state index contributed by atoms with van der Waals surface area (Å²) in [7, 11) is 0. The Balaban J connectivity index is 1.48. The quantitative estimate of drug-likeness (QED) is 0.787. The predicted octanol–water partition coefficient (Wildman–Crippen LogP) is 3.41. The second-order valence-corrected chi connectivity index (χ2v) is 7.35. The van der Waals surface area contributed by atoms with Crippen LogP contribution in [0.2, 0.25) is 0 Å². The van der Waals surface area contributed by atoms with Gasteiger partial charge in [0.15, 0.2) is 5.82 Å². The topological polar surface area (TPSA) is 80.5 Å². The molecule has 1 N–H and O–H groups in total. The van der Waals surface area contributed by atoms with Gasteiger partial charge in [-0.15, -0.1) is 5.10 Å². The molecule has 1 aliphatic carbocycles. The molecule has 7 heteroatoms. The van der Waals surface area contributed by atoms with Crippen LogP contribution in [0, 0.1) is 11.8 Å². The van der Waals surface area contributed by atoms with E-state index in [1.807, 2.05) is 0 Å². The lowest BCUT2D eigenvalue weighted by Crippen LogP contribution is -2.00. The summed E-state index contributed by atoms with van der Waals surface area (Å²) < 4.78 is 5.25. The molecule has 6 nitrogen and oxygen atoms in total. The SMILES string of the molecule is CC(C)Cc1noc(CSc2n[nH]c(CC3CCCC3)n2)n1. The Bertz CT molecular complexity index is 588. The number of hydrogen-bond acceptors (Lipinski definition) is 6. The molecule has 2 heterocycles. The zero-order valence-electron chi connectivity index (χ0n) is 13.2. The Morgan fingerprint density at radius 1 is 1.27 bits per heavy atom. The number of aromatic nitrogens is 5. The maximum Gasteiger partial charge on any atom is 0.237 e. The van der Waals surface area contributed by atoms with Crippen LogP contribution < -0.4 is 0 Å². The van der Waals surface area contributed by atoms with Crippen LogP contribution in [0.25, 0.3) is 0 Å². The molecule has 1 fully saturated rings. The van der Waals surface area contributed by atoms with E-state index in [-0.39, 0.29) is 0 Å². The zero-order chi connectivity index (χ0) is 15.4. The van der Waals surface area contributed by atoms with Crippen molar-refractivity contribution in [2.24, 2.45) is 11.8 Å². The summed E-state index contributed by atoms with van der Waals surface area (Å²) >= 11 is 1.53. The molecule has 0 unspecified atom stereocenters. The third-order valence-electron chi connectivity index (χ3n) is 3.89. The van der Waals surface area contributed by atoms with E-state index in [0.717, 1.165) is 35.6 Å². The van der Waals surface area contributed by atoms with Gasteiger partial charge in [0.05, 0.1) is 5.75 Å². The fraction of sp³-hybridized carbons (Fsp3) is 0.733. The van der Waals surface area contributed by atoms with Gasteiger partial charge in [-0.25, -0.2) is 4.98 Å². The molecule has 3 rings (SSSR count). The first kappa shape index (κ1) is 15.5. The summed E-state index contributed by atoms with van der Waals surface area (Å²) in [5.41, 5.74) is 0. The molecule has 0 aromatic carbocycles. The molecule has 0 atom stereocenters. The molecule has 2 aromatic rings. The van der Waals surface area contributed by atoms with Gasteiger partial charge in [-0.3, -0.25) is 5.10 Å². The Morgan fingerprint density at radius 2 is 2.09 bits per heavy atom. The average molecular weight is 321 g/mol. The van der Waals surface area contributed by atoms with Crippen LogP contribution in [0.1, 0.15) is 57.1 Å². The number of H-pyrrole nitrogens is 1. The van der Waals surface area contributed by atoms with Crippen molar-refractivity contribution in [2.75, 3.05) is 0 Å². The highest BCUT2D eigenvalue weighted by atomic mass is 32.2. The van der Waals surface area contributed by atoms with E-state index in [1.54, 1.807) is 0 Å². The lowest BCUT2D eigenvalue weighted by atomic mass is 10.0. The standard InChI is InChI=1S/C15H23N5OS/c1-10(2)7-13-16-14(21-20-13)9-22-15-17-12(18-19-15)8-11-5-3-4-6-11/h10-11H,3-9H2,1-2H3,(H,17,18,19). The second kappa shape index (κ2) is 7.26. The molecule has 22 heavy (non-hydrogen) atoms. The normalized spacial score (nSPS) is 16.0. The summed E-state index contributed by atoms with van der Waals surface area (Å²) in [5.74, 6) is 4.35. The molecular weight excluding hydrogens is 298 g/mol. The number of hydrogen-bond donors (Lipinski definition) is 1. The Labute approximate surface area is 134 Å². The van der Waals surface area contributed by atoms with Crippen molar-refractivity contribution in [1.82, 2.24) is 25.3 Å². The van der Waals surface area contributed by atoms with Gasteiger partial charge in [0.1, 0.15) is 5.82 Å². The van der Waals surface area contributed by atoms with Crippen molar-refractivity contribution in [3.05, 3.63) is 17.5 Å². The first-order valence-corrected chi connectivity index (χ1v) is 9.03. The number of thioether (sulfide) groups is 1. The number of aromatic amines is 1. The highest BCUT2D eigenvalue weighted by Gasteiger charge is 2.17. The van der Waals surface area contributed by atoms with Crippen molar-refractivity contribution in [3.8, 4) is 0 Å². The van der Waals surface area contributed by atoms with Gasteiger partial charge in [-0.05, 0) is 11.8 Å². The van der Waals surface area contributed by atoms with Crippen LogP contribution in [0.15, 0.2) is 9.68 Å². The molecule has 0 amide bonds. The van der Waals surface area contributed by atoms with E-state index in [1.165, 1.54) is 37.4 Å². The van der Waals surface area contributed by atoms with E-state index in [9.17, 15) is 0 Å². The molecule has 1 saturated carbocycles.